The molecule has 2 aliphatic carbocycles. The summed E-state index contributed by atoms with van der Waals surface area (Å²) in [5, 5.41) is 0.194. The number of amides is 6. The van der Waals surface area contributed by atoms with E-state index in [0.29, 0.717) is 34.7 Å². The molecule has 6 amide bonds. The Bertz CT molecular complexity index is 2740. The predicted molar refractivity (Wildman–Crippen MR) is 339 cm³/mol. The molecular weight excluding hydrogens is 1200 g/mol. The van der Waals surface area contributed by atoms with Crippen LogP contribution in [0.5, 0.6) is 0 Å². The van der Waals surface area contributed by atoms with Crippen molar-refractivity contribution in [2.24, 2.45) is 23.7 Å². The summed E-state index contributed by atoms with van der Waals surface area (Å²) in [6, 6.07) is 47.4. The van der Waals surface area contributed by atoms with Crippen molar-refractivity contribution < 1.29 is 19.2 Å². The molecule has 4 aliphatic rings. The van der Waals surface area contributed by atoms with E-state index in [9.17, 15) is 19.2 Å². The van der Waals surface area contributed by atoms with Gasteiger partial charge in [0.15, 0.2) is 0 Å². The number of benzene rings is 6. The van der Waals surface area contributed by atoms with E-state index < -0.39 is 0 Å². The van der Waals surface area contributed by atoms with E-state index >= 15 is 0 Å². The first-order chi connectivity index (χ1) is 38.2. The normalized spacial score (nSPS) is 20.2. The van der Waals surface area contributed by atoms with Gasteiger partial charge in [-0.05, 0) is 149 Å². The van der Waals surface area contributed by atoms with E-state index in [0.717, 1.165) is 65.2 Å². The standard InChI is InChI=1S/2C32H35BrN2O2S.CH2Cl2/c2*1-22-8-14-26(15-9-22)34-30(20-24-6-4-3-5-7-24)29(21-38-28-18-12-25(33)13-19-28)31(36)35(32(34)37)27-16-10-23(2)11-17-27;2-1-3/h2*8-19,24,29-30H,3-7,20-21H2,1-2H3;1H2/t2*29-,30+;/m00./s1. The van der Waals surface area contributed by atoms with Gasteiger partial charge in [-0.15, -0.1) is 46.7 Å². The van der Waals surface area contributed by atoms with Crippen molar-refractivity contribution in [1.29, 1.82) is 0 Å². The van der Waals surface area contributed by atoms with Crippen LogP contribution in [0.15, 0.2) is 164 Å². The number of alkyl halides is 2. The molecule has 0 bridgehead atoms. The van der Waals surface area contributed by atoms with Crippen LogP contribution in [0, 0.1) is 51.4 Å². The van der Waals surface area contributed by atoms with Gasteiger partial charge in [-0.3, -0.25) is 19.4 Å². The van der Waals surface area contributed by atoms with Gasteiger partial charge in [-0.1, -0.05) is 167 Å². The molecule has 2 saturated carbocycles. The van der Waals surface area contributed by atoms with Crippen molar-refractivity contribution in [2.45, 2.75) is 127 Å². The Balaban J connectivity index is 0.000000198. The molecule has 2 saturated heterocycles. The van der Waals surface area contributed by atoms with E-state index in [1.807, 2.05) is 121 Å². The number of aryl methyl sites for hydroxylation is 4. The average Bonchev–Trinajstić information content (AvgIpc) is 3.46. The fraction of sp³-hybridized carbons (Fsp3) is 0.385. The van der Waals surface area contributed by atoms with Crippen LogP contribution in [-0.4, -0.2) is 52.8 Å². The molecule has 4 fully saturated rings. The van der Waals surface area contributed by atoms with Gasteiger partial charge >= 0.3 is 12.1 Å². The van der Waals surface area contributed by atoms with Crippen molar-refractivity contribution in [1.82, 2.24) is 0 Å². The molecule has 4 atom stereocenters. The van der Waals surface area contributed by atoms with Gasteiger partial charge in [0, 0.05) is 41.6 Å². The third-order valence-electron chi connectivity index (χ3n) is 15.8. The van der Waals surface area contributed by atoms with Crippen LogP contribution in [0.3, 0.4) is 0 Å². The maximum Gasteiger partial charge on any atom is 0.336 e. The summed E-state index contributed by atoms with van der Waals surface area (Å²) in [6.45, 7) is 8.14. The van der Waals surface area contributed by atoms with Gasteiger partial charge in [0.05, 0.1) is 40.6 Å². The highest BCUT2D eigenvalue weighted by Gasteiger charge is 2.50. The zero-order chi connectivity index (χ0) is 56.0. The zero-order valence-corrected chi connectivity index (χ0v) is 52.0. The van der Waals surface area contributed by atoms with Gasteiger partial charge in [-0.2, -0.15) is 0 Å². The van der Waals surface area contributed by atoms with Crippen molar-refractivity contribution in [3.8, 4) is 0 Å². The lowest BCUT2D eigenvalue weighted by Crippen LogP contribution is -2.63. The molecule has 416 valence electrons. The van der Waals surface area contributed by atoms with E-state index in [4.69, 9.17) is 23.2 Å². The quantitative estimate of drug-likeness (QED) is 0.0798. The van der Waals surface area contributed by atoms with Crippen molar-refractivity contribution in [3.63, 3.8) is 0 Å². The number of imide groups is 2. The third-order valence-corrected chi connectivity index (χ3v) is 19.1. The van der Waals surface area contributed by atoms with Crippen LogP contribution in [0.1, 0.15) is 99.3 Å². The zero-order valence-electron chi connectivity index (χ0n) is 45.7. The Hall–Kier alpha value is -4.56. The lowest BCUT2D eigenvalue weighted by atomic mass is 9.80. The first-order valence-corrected chi connectivity index (χ1v) is 32.3. The number of carbonyl (C=O) groups excluding carboxylic acids is 4. The Labute approximate surface area is 504 Å². The molecule has 0 aromatic heterocycles. The smallest absolute Gasteiger partial charge is 0.290 e. The molecule has 6 aromatic rings. The highest BCUT2D eigenvalue weighted by Crippen LogP contribution is 2.42. The summed E-state index contributed by atoms with van der Waals surface area (Å²) in [7, 11) is 0. The largest absolute Gasteiger partial charge is 0.336 e. The summed E-state index contributed by atoms with van der Waals surface area (Å²) in [4.78, 5) is 65.9. The predicted octanol–water partition coefficient (Wildman–Crippen LogP) is 19.0. The van der Waals surface area contributed by atoms with Crippen LogP contribution in [0.4, 0.5) is 32.3 Å². The Kier molecular flexibility index (Phi) is 22.5. The van der Waals surface area contributed by atoms with Crippen molar-refractivity contribution in [2.75, 3.05) is 36.4 Å². The number of urea groups is 2. The van der Waals surface area contributed by atoms with Gasteiger partial charge in [0.1, 0.15) is 0 Å². The molecule has 0 N–H and O–H groups in total. The minimum atomic E-state index is -0.314. The van der Waals surface area contributed by atoms with Crippen LogP contribution in [0.25, 0.3) is 0 Å². The molecule has 8 nitrogen and oxygen atoms in total. The Morgan fingerprint density at radius 2 is 0.696 bits per heavy atom. The van der Waals surface area contributed by atoms with E-state index in [-0.39, 0.29) is 53.1 Å². The fourth-order valence-electron chi connectivity index (χ4n) is 11.5. The Morgan fingerprint density at radius 1 is 0.418 bits per heavy atom. The van der Waals surface area contributed by atoms with Gasteiger partial charge in [0.2, 0.25) is 11.8 Å². The molecule has 2 aliphatic heterocycles. The number of carbonyl (C=O) groups is 4. The molecule has 10 rings (SSSR count). The van der Waals surface area contributed by atoms with Crippen LogP contribution in [-0.2, 0) is 9.59 Å². The van der Waals surface area contributed by atoms with Gasteiger partial charge < -0.3 is 0 Å². The second kappa shape index (κ2) is 29.4. The SMILES string of the molecule is Cc1ccc(N2C(=O)[C@@H](CSc3ccc(Br)cc3)[C@@H](CC3CCCCC3)N(c3ccc(C)cc3)C2=O)cc1.Cc1ccc(N2C(=O)[C@@H](CSc3ccc(Br)cc3)[C@@H](CC3CCCCC3)N(c3ccc(C)cc3)C2=O)cc1.ClCCl. The summed E-state index contributed by atoms with van der Waals surface area (Å²) in [6.07, 6.45) is 13.9. The van der Waals surface area contributed by atoms with Crippen LogP contribution < -0.4 is 19.6 Å². The number of halogens is 4. The topological polar surface area (TPSA) is 81.2 Å². The second-order valence-electron chi connectivity index (χ2n) is 21.5. The number of nitrogens with zero attached hydrogens (tertiary/aromatic N) is 4. The molecule has 2 heterocycles. The minimum absolute atomic E-state index is 0.0902. The number of hydrogen-bond acceptors (Lipinski definition) is 6. The fourth-order valence-corrected chi connectivity index (χ4v) is 14.1. The van der Waals surface area contributed by atoms with Gasteiger partial charge in [-0.25, -0.2) is 19.4 Å². The summed E-state index contributed by atoms with van der Waals surface area (Å²) < 4.78 is 2.07. The maximum absolute atomic E-state index is 14.2. The van der Waals surface area contributed by atoms with E-state index in [2.05, 4.69) is 94.2 Å². The first-order valence-electron chi connectivity index (χ1n) is 27.7. The number of hydrogen-bond donors (Lipinski definition) is 0. The molecule has 0 radical (unpaired) electrons. The highest BCUT2D eigenvalue weighted by atomic mass is 79.9. The number of anilines is 4. The number of rotatable bonds is 14. The van der Waals surface area contributed by atoms with E-state index in [1.54, 1.807) is 23.5 Å². The van der Waals surface area contributed by atoms with Crippen LogP contribution in [0.2, 0.25) is 0 Å². The monoisotopic (exact) mass is 1260 g/mol. The lowest BCUT2D eigenvalue weighted by molar-refractivity contribution is -0.123. The van der Waals surface area contributed by atoms with Crippen molar-refractivity contribution in [3.05, 3.63) is 177 Å². The maximum atomic E-state index is 14.2. The van der Waals surface area contributed by atoms with Crippen molar-refractivity contribution >= 4 is 125 Å². The highest BCUT2D eigenvalue weighted by molar-refractivity contribution is 9.10. The first kappa shape index (κ1) is 60.5. The molecule has 0 spiro atoms. The Morgan fingerprint density at radius 3 is 0.987 bits per heavy atom. The van der Waals surface area contributed by atoms with E-state index in [1.165, 1.54) is 74.0 Å². The molecule has 6 aromatic carbocycles. The lowest BCUT2D eigenvalue weighted by Gasteiger charge is -2.46. The average molecular weight is 1270 g/mol. The summed E-state index contributed by atoms with van der Waals surface area (Å²) in [5.74, 6) is 1.50. The third kappa shape index (κ3) is 15.9. The second-order valence-corrected chi connectivity index (χ2v) is 26.3. The molecular formula is C65H72Br2Cl2N4O4S2. The molecule has 14 heteroatoms. The number of thioether (sulfide) groups is 2. The molecule has 0 unspecified atom stereocenters. The van der Waals surface area contributed by atoms with Crippen LogP contribution >= 0.6 is 78.6 Å². The minimum Gasteiger partial charge on any atom is -0.290 e. The summed E-state index contributed by atoms with van der Waals surface area (Å²) in [5.41, 5.74) is 7.49. The molecule has 79 heavy (non-hydrogen) atoms. The summed E-state index contributed by atoms with van der Waals surface area (Å²) >= 11 is 20.0. The van der Waals surface area contributed by atoms with Gasteiger partial charge in [0.25, 0.3) is 0 Å².